The third-order valence-electron chi connectivity index (χ3n) is 4.46. The Morgan fingerprint density at radius 2 is 2.30 bits per heavy atom. The monoisotopic (exact) mass is 281 g/mol. The second kappa shape index (κ2) is 7.81. The normalized spacial score (nSPS) is 28.4. The highest BCUT2D eigenvalue weighted by atomic mass is 16.5. The first-order valence-electron chi connectivity index (χ1n) is 7.68. The number of furan rings is 1. The molecule has 0 bridgehead atoms. The van der Waals surface area contributed by atoms with Crippen LogP contribution in [0.15, 0.2) is 22.8 Å². The lowest BCUT2D eigenvalue weighted by Crippen LogP contribution is -2.44. The Morgan fingerprint density at radius 3 is 3.05 bits per heavy atom. The molecule has 0 aliphatic heterocycles. The van der Waals surface area contributed by atoms with Crippen LogP contribution in [-0.2, 0) is 11.3 Å². The fourth-order valence-corrected chi connectivity index (χ4v) is 2.91. The SMILES string of the molecule is CC1CCCC(NCC(O)COCc2ccco2)C1C. The van der Waals surface area contributed by atoms with Gasteiger partial charge in [-0.3, -0.25) is 0 Å². The molecule has 4 nitrogen and oxygen atoms in total. The zero-order valence-electron chi connectivity index (χ0n) is 12.5. The molecule has 114 valence electrons. The molecule has 2 rings (SSSR count). The fourth-order valence-electron chi connectivity index (χ4n) is 2.91. The minimum Gasteiger partial charge on any atom is -0.467 e. The Morgan fingerprint density at radius 1 is 1.45 bits per heavy atom. The second-order valence-electron chi connectivity index (χ2n) is 6.03. The van der Waals surface area contributed by atoms with Gasteiger partial charge in [0.1, 0.15) is 12.4 Å². The van der Waals surface area contributed by atoms with Crippen molar-refractivity contribution in [3.05, 3.63) is 24.2 Å². The summed E-state index contributed by atoms with van der Waals surface area (Å²) >= 11 is 0. The lowest BCUT2D eigenvalue weighted by Gasteiger charge is -2.35. The van der Waals surface area contributed by atoms with E-state index >= 15 is 0 Å². The molecular weight excluding hydrogens is 254 g/mol. The van der Waals surface area contributed by atoms with Gasteiger partial charge >= 0.3 is 0 Å². The number of aliphatic hydroxyl groups is 1. The molecule has 0 saturated heterocycles. The second-order valence-corrected chi connectivity index (χ2v) is 6.03. The summed E-state index contributed by atoms with van der Waals surface area (Å²) in [6.45, 7) is 5.98. The summed E-state index contributed by atoms with van der Waals surface area (Å²) < 4.78 is 10.6. The van der Waals surface area contributed by atoms with Crippen molar-refractivity contribution in [3.8, 4) is 0 Å². The standard InChI is InChI=1S/C16H27NO3/c1-12-5-3-7-16(13(12)2)17-9-14(18)10-19-11-15-6-4-8-20-15/h4,6,8,12-14,16-18H,3,5,7,9-11H2,1-2H3. The Labute approximate surface area is 121 Å². The van der Waals surface area contributed by atoms with E-state index in [0.717, 1.165) is 11.7 Å². The lowest BCUT2D eigenvalue weighted by atomic mass is 9.78. The summed E-state index contributed by atoms with van der Waals surface area (Å²) in [7, 11) is 0. The van der Waals surface area contributed by atoms with E-state index in [1.807, 2.05) is 12.1 Å². The molecular formula is C16H27NO3. The first-order valence-corrected chi connectivity index (χ1v) is 7.68. The maximum Gasteiger partial charge on any atom is 0.129 e. The Kier molecular flexibility index (Phi) is 6.07. The molecule has 4 unspecified atom stereocenters. The van der Waals surface area contributed by atoms with Gasteiger partial charge < -0.3 is 19.6 Å². The molecule has 20 heavy (non-hydrogen) atoms. The van der Waals surface area contributed by atoms with E-state index in [2.05, 4.69) is 19.2 Å². The number of rotatable bonds is 7. The highest BCUT2D eigenvalue weighted by Crippen LogP contribution is 2.29. The fraction of sp³-hybridized carbons (Fsp3) is 0.750. The molecule has 0 spiro atoms. The maximum absolute atomic E-state index is 9.94. The summed E-state index contributed by atoms with van der Waals surface area (Å²) in [6.07, 6.45) is 4.99. The molecule has 0 amide bonds. The van der Waals surface area contributed by atoms with E-state index in [0.29, 0.717) is 31.7 Å². The third kappa shape index (κ3) is 4.62. The van der Waals surface area contributed by atoms with Gasteiger partial charge in [-0.15, -0.1) is 0 Å². The van der Waals surface area contributed by atoms with Crippen molar-refractivity contribution in [2.75, 3.05) is 13.2 Å². The van der Waals surface area contributed by atoms with Crippen LogP contribution < -0.4 is 5.32 Å². The van der Waals surface area contributed by atoms with Gasteiger partial charge in [-0.05, 0) is 30.4 Å². The zero-order valence-corrected chi connectivity index (χ0v) is 12.5. The molecule has 1 aromatic heterocycles. The van der Waals surface area contributed by atoms with Crippen molar-refractivity contribution in [2.24, 2.45) is 11.8 Å². The average molecular weight is 281 g/mol. The van der Waals surface area contributed by atoms with Crippen LogP contribution in [0.4, 0.5) is 0 Å². The van der Waals surface area contributed by atoms with Gasteiger partial charge in [-0.2, -0.15) is 0 Å². The highest BCUT2D eigenvalue weighted by molar-refractivity contribution is 4.96. The van der Waals surface area contributed by atoms with E-state index in [-0.39, 0.29) is 0 Å². The van der Waals surface area contributed by atoms with Gasteiger partial charge in [0.15, 0.2) is 0 Å². The molecule has 1 saturated carbocycles. The van der Waals surface area contributed by atoms with Crippen molar-refractivity contribution in [1.82, 2.24) is 5.32 Å². The number of hydrogen-bond acceptors (Lipinski definition) is 4. The van der Waals surface area contributed by atoms with E-state index < -0.39 is 6.10 Å². The van der Waals surface area contributed by atoms with Crippen LogP contribution in [0, 0.1) is 11.8 Å². The minimum atomic E-state index is -0.464. The predicted octanol–water partition coefficient (Wildman–Crippen LogP) is 2.57. The van der Waals surface area contributed by atoms with Crippen LogP contribution in [0.3, 0.4) is 0 Å². The van der Waals surface area contributed by atoms with Crippen molar-refractivity contribution in [2.45, 2.75) is 51.9 Å². The molecule has 2 N–H and O–H groups in total. The molecule has 1 aromatic rings. The minimum absolute atomic E-state index is 0.338. The average Bonchev–Trinajstić information content (AvgIpc) is 2.94. The smallest absolute Gasteiger partial charge is 0.129 e. The van der Waals surface area contributed by atoms with Crippen molar-refractivity contribution >= 4 is 0 Å². The van der Waals surface area contributed by atoms with Crippen LogP contribution >= 0.6 is 0 Å². The van der Waals surface area contributed by atoms with Crippen molar-refractivity contribution in [3.63, 3.8) is 0 Å². The first-order chi connectivity index (χ1) is 9.66. The van der Waals surface area contributed by atoms with E-state index in [4.69, 9.17) is 9.15 Å². The quantitative estimate of drug-likeness (QED) is 0.806. The molecule has 1 aliphatic rings. The summed E-state index contributed by atoms with van der Waals surface area (Å²) in [5, 5.41) is 13.4. The summed E-state index contributed by atoms with van der Waals surface area (Å²) in [5.41, 5.74) is 0. The van der Waals surface area contributed by atoms with Crippen LogP contribution in [0.1, 0.15) is 38.9 Å². The van der Waals surface area contributed by atoms with E-state index in [1.54, 1.807) is 6.26 Å². The molecule has 4 heteroatoms. The predicted molar refractivity (Wildman–Crippen MR) is 78.3 cm³/mol. The summed E-state index contributed by atoms with van der Waals surface area (Å²) in [4.78, 5) is 0. The van der Waals surface area contributed by atoms with E-state index in [9.17, 15) is 5.11 Å². The molecule has 1 fully saturated rings. The van der Waals surface area contributed by atoms with Gasteiger partial charge in [0, 0.05) is 12.6 Å². The van der Waals surface area contributed by atoms with Gasteiger partial charge in [0.2, 0.25) is 0 Å². The topological polar surface area (TPSA) is 54.6 Å². The van der Waals surface area contributed by atoms with Crippen molar-refractivity contribution < 1.29 is 14.3 Å². The number of hydrogen-bond donors (Lipinski definition) is 2. The number of ether oxygens (including phenoxy) is 1. The van der Waals surface area contributed by atoms with Crippen LogP contribution in [0.5, 0.6) is 0 Å². The zero-order chi connectivity index (χ0) is 14.4. The molecule has 1 aliphatic carbocycles. The first kappa shape index (κ1) is 15.5. The largest absolute Gasteiger partial charge is 0.467 e. The number of aliphatic hydroxyl groups excluding tert-OH is 1. The van der Waals surface area contributed by atoms with Gasteiger partial charge in [-0.1, -0.05) is 26.7 Å². The van der Waals surface area contributed by atoms with Crippen LogP contribution in [-0.4, -0.2) is 30.4 Å². The highest BCUT2D eigenvalue weighted by Gasteiger charge is 2.26. The van der Waals surface area contributed by atoms with Gasteiger partial charge in [0.05, 0.1) is 19.0 Å². The Bertz CT molecular complexity index is 366. The van der Waals surface area contributed by atoms with Gasteiger partial charge in [0.25, 0.3) is 0 Å². The molecule has 1 heterocycles. The summed E-state index contributed by atoms with van der Waals surface area (Å²) in [5.74, 6) is 2.24. The Balaban J connectivity index is 1.60. The number of nitrogens with one attached hydrogen (secondary N) is 1. The van der Waals surface area contributed by atoms with E-state index in [1.165, 1.54) is 19.3 Å². The van der Waals surface area contributed by atoms with Crippen molar-refractivity contribution in [1.29, 1.82) is 0 Å². The third-order valence-corrected chi connectivity index (χ3v) is 4.46. The summed E-state index contributed by atoms with van der Waals surface area (Å²) in [6, 6.07) is 4.23. The van der Waals surface area contributed by atoms with Crippen LogP contribution in [0.25, 0.3) is 0 Å². The van der Waals surface area contributed by atoms with Crippen LogP contribution in [0.2, 0.25) is 0 Å². The van der Waals surface area contributed by atoms with Gasteiger partial charge in [-0.25, -0.2) is 0 Å². The Hall–Kier alpha value is -0.840. The maximum atomic E-state index is 9.94. The molecule has 4 atom stereocenters. The molecule has 0 aromatic carbocycles. The lowest BCUT2D eigenvalue weighted by molar-refractivity contribution is 0.0193. The molecule has 0 radical (unpaired) electrons.